The molecule has 154 valence electrons. The average molecular weight is 403 g/mol. The molecule has 0 bridgehead atoms. The van der Waals surface area contributed by atoms with Crippen LogP contribution in [0.5, 0.6) is 5.88 Å². The van der Waals surface area contributed by atoms with Gasteiger partial charge in [0, 0.05) is 12.2 Å². The van der Waals surface area contributed by atoms with Crippen molar-refractivity contribution < 1.29 is 4.74 Å². The van der Waals surface area contributed by atoms with E-state index in [1.165, 1.54) is 0 Å². The van der Waals surface area contributed by atoms with Crippen LogP contribution < -0.4 is 10.1 Å². The molecule has 0 saturated carbocycles. The molecule has 8 nitrogen and oxygen atoms in total. The molecular formula is C22H25N7O. The van der Waals surface area contributed by atoms with Gasteiger partial charge < -0.3 is 10.1 Å². The maximum absolute atomic E-state index is 5.68. The Morgan fingerprint density at radius 1 is 1.17 bits per heavy atom. The van der Waals surface area contributed by atoms with Gasteiger partial charge in [0.2, 0.25) is 5.88 Å². The van der Waals surface area contributed by atoms with Crippen LogP contribution in [0.3, 0.4) is 0 Å². The van der Waals surface area contributed by atoms with Gasteiger partial charge in [-0.2, -0.15) is 10.2 Å². The fraction of sp³-hybridized carbons (Fsp3) is 0.318. The van der Waals surface area contributed by atoms with Crippen molar-refractivity contribution in [1.82, 2.24) is 29.9 Å². The summed E-state index contributed by atoms with van der Waals surface area (Å²) in [5.74, 6) is 0.469. The number of rotatable bonds is 7. The zero-order valence-electron chi connectivity index (χ0n) is 17.6. The van der Waals surface area contributed by atoms with Crippen molar-refractivity contribution in [1.29, 1.82) is 0 Å². The average Bonchev–Trinajstić information content (AvgIpc) is 3.10. The number of anilines is 1. The molecule has 0 aliphatic heterocycles. The lowest BCUT2D eigenvalue weighted by molar-refractivity contribution is 0.324. The summed E-state index contributed by atoms with van der Waals surface area (Å²) in [5, 5.41) is 16.4. The molecule has 4 rings (SSSR count). The molecule has 0 atom stereocenters. The fourth-order valence-electron chi connectivity index (χ4n) is 3.37. The number of nitrogens with zero attached hydrogens (tertiary/aromatic N) is 6. The van der Waals surface area contributed by atoms with E-state index in [0.29, 0.717) is 19.0 Å². The maximum atomic E-state index is 5.68. The van der Waals surface area contributed by atoms with E-state index >= 15 is 0 Å². The van der Waals surface area contributed by atoms with Gasteiger partial charge in [-0.15, -0.1) is 5.10 Å². The van der Waals surface area contributed by atoms with E-state index in [1.807, 2.05) is 48.9 Å². The van der Waals surface area contributed by atoms with Crippen molar-refractivity contribution in [2.45, 2.75) is 40.3 Å². The number of ether oxygens (including phenoxy) is 1. The standard InChI is InChI=1S/C22H25N7O/c1-5-30-22-17(9-11-25-27-22)18-12-19(24-13-16-8-6-7-10-23-16)21-20(26-18)15(4)28-29(21)14(2)3/h6-12,14H,5,13H2,1-4H3,(H,24,26). The molecule has 4 heterocycles. The van der Waals surface area contributed by atoms with E-state index in [9.17, 15) is 0 Å². The Balaban J connectivity index is 1.86. The summed E-state index contributed by atoms with van der Waals surface area (Å²) in [6, 6.07) is 9.98. The fourth-order valence-corrected chi connectivity index (χ4v) is 3.37. The number of aryl methyl sites for hydroxylation is 1. The minimum Gasteiger partial charge on any atom is -0.476 e. The second-order valence-electron chi connectivity index (χ2n) is 7.23. The van der Waals surface area contributed by atoms with Gasteiger partial charge in [-0.3, -0.25) is 9.67 Å². The molecule has 0 spiro atoms. The Hall–Kier alpha value is -3.55. The highest BCUT2D eigenvalue weighted by Crippen LogP contribution is 2.34. The van der Waals surface area contributed by atoms with Crippen LogP contribution in [0.25, 0.3) is 22.3 Å². The van der Waals surface area contributed by atoms with E-state index in [0.717, 1.165) is 39.4 Å². The summed E-state index contributed by atoms with van der Waals surface area (Å²) in [6.45, 7) is 9.22. The van der Waals surface area contributed by atoms with E-state index in [4.69, 9.17) is 14.8 Å². The van der Waals surface area contributed by atoms with Crippen molar-refractivity contribution in [3.05, 3.63) is 54.1 Å². The Bertz CT molecular complexity index is 1160. The molecule has 0 unspecified atom stereocenters. The molecule has 0 amide bonds. The highest BCUT2D eigenvalue weighted by Gasteiger charge is 2.19. The molecule has 0 saturated heterocycles. The highest BCUT2D eigenvalue weighted by atomic mass is 16.5. The first-order valence-corrected chi connectivity index (χ1v) is 10.1. The first kappa shape index (κ1) is 19.8. The van der Waals surface area contributed by atoms with Gasteiger partial charge in [0.05, 0.1) is 47.7 Å². The summed E-state index contributed by atoms with van der Waals surface area (Å²) in [7, 11) is 0. The molecule has 1 N–H and O–H groups in total. The molecule has 0 fully saturated rings. The number of hydrogen-bond donors (Lipinski definition) is 1. The van der Waals surface area contributed by atoms with Crippen molar-refractivity contribution in [3.8, 4) is 17.1 Å². The van der Waals surface area contributed by atoms with Gasteiger partial charge in [-0.25, -0.2) is 4.98 Å². The van der Waals surface area contributed by atoms with Crippen LogP contribution in [0.1, 0.15) is 38.2 Å². The lowest BCUT2D eigenvalue weighted by Gasteiger charge is -2.14. The summed E-state index contributed by atoms with van der Waals surface area (Å²) < 4.78 is 7.69. The second kappa shape index (κ2) is 8.44. The zero-order valence-corrected chi connectivity index (χ0v) is 17.6. The SMILES string of the molecule is CCOc1nnccc1-c1cc(NCc2ccccn2)c2c(n1)c(C)nn2C(C)C. The highest BCUT2D eigenvalue weighted by molar-refractivity contribution is 5.93. The summed E-state index contributed by atoms with van der Waals surface area (Å²) in [6.07, 6.45) is 3.44. The van der Waals surface area contributed by atoms with Crippen LogP contribution >= 0.6 is 0 Å². The van der Waals surface area contributed by atoms with Gasteiger partial charge in [0.15, 0.2) is 0 Å². The third-order valence-electron chi connectivity index (χ3n) is 4.74. The summed E-state index contributed by atoms with van der Waals surface area (Å²) >= 11 is 0. The van der Waals surface area contributed by atoms with Gasteiger partial charge in [0.1, 0.15) is 11.0 Å². The third kappa shape index (κ3) is 3.80. The number of pyridine rings is 2. The van der Waals surface area contributed by atoms with Gasteiger partial charge in [-0.1, -0.05) is 6.07 Å². The van der Waals surface area contributed by atoms with Crippen LogP contribution in [0.4, 0.5) is 5.69 Å². The molecule has 0 radical (unpaired) electrons. The number of hydrogen-bond acceptors (Lipinski definition) is 7. The van der Waals surface area contributed by atoms with Crippen molar-refractivity contribution >= 4 is 16.7 Å². The summed E-state index contributed by atoms with van der Waals surface area (Å²) in [4.78, 5) is 9.34. The van der Waals surface area contributed by atoms with Gasteiger partial charge >= 0.3 is 0 Å². The van der Waals surface area contributed by atoms with Gasteiger partial charge in [0.25, 0.3) is 0 Å². The van der Waals surface area contributed by atoms with Crippen LogP contribution in [-0.4, -0.2) is 36.6 Å². The molecule has 4 aromatic rings. The maximum Gasteiger partial charge on any atom is 0.242 e. The largest absolute Gasteiger partial charge is 0.476 e. The molecule has 0 aliphatic carbocycles. The van der Waals surface area contributed by atoms with Crippen molar-refractivity contribution in [2.24, 2.45) is 0 Å². The Morgan fingerprint density at radius 2 is 2.03 bits per heavy atom. The molecule has 8 heteroatoms. The monoisotopic (exact) mass is 403 g/mol. The lowest BCUT2D eigenvalue weighted by Crippen LogP contribution is -2.08. The number of fused-ring (bicyclic) bond motifs is 1. The topological polar surface area (TPSA) is 90.6 Å². The minimum absolute atomic E-state index is 0.200. The van der Waals surface area contributed by atoms with Gasteiger partial charge in [-0.05, 0) is 52.0 Å². The van der Waals surface area contributed by atoms with Crippen LogP contribution in [0.2, 0.25) is 0 Å². The summed E-state index contributed by atoms with van der Waals surface area (Å²) in [5.41, 5.74) is 6.15. The zero-order chi connectivity index (χ0) is 21.1. The molecule has 30 heavy (non-hydrogen) atoms. The molecular weight excluding hydrogens is 378 g/mol. The van der Waals surface area contributed by atoms with E-state index in [2.05, 4.69) is 34.3 Å². The third-order valence-corrected chi connectivity index (χ3v) is 4.74. The van der Waals surface area contributed by atoms with E-state index < -0.39 is 0 Å². The van der Waals surface area contributed by atoms with Crippen LogP contribution in [0, 0.1) is 6.92 Å². The normalized spacial score (nSPS) is 11.2. The van der Waals surface area contributed by atoms with Crippen LogP contribution in [-0.2, 0) is 6.54 Å². The van der Waals surface area contributed by atoms with Crippen molar-refractivity contribution in [3.63, 3.8) is 0 Å². The molecule has 0 aromatic carbocycles. The first-order valence-electron chi connectivity index (χ1n) is 10.1. The lowest BCUT2D eigenvalue weighted by atomic mass is 10.1. The Labute approximate surface area is 175 Å². The van der Waals surface area contributed by atoms with Crippen molar-refractivity contribution in [2.75, 3.05) is 11.9 Å². The Morgan fingerprint density at radius 3 is 2.77 bits per heavy atom. The van der Waals surface area contributed by atoms with E-state index in [-0.39, 0.29) is 6.04 Å². The first-order chi connectivity index (χ1) is 14.6. The number of aromatic nitrogens is 6. The second-order valence-corrected chi connectivity index (χ2v) is 7.23. The Kier molecular flexibility index (Phi) is 5.56. The smallest absolute Gasteiger partial charge is 0.242 e. The molecule has 0 aliphatic rings. The van der Waals surface area contributed by atoms with E-state index in [1.54, 1.807) is 12.4 Å². The van der Waals surface area contributed by atoms with Crippen LogP contribution in [0.15, 0.2) is 42.7 Å². The quantitative estimate of drug-likeness (QED) is 0.495. The number of nitrogens with one attached hydrogen (secondary N) is 1. The predicted octanol–water partition coefficient (Wildman–Crippen LogP) is 4.18. The molecule has 4 aromatic heterocycles. The minimum atomic E-state index is 0.200. The predicted molar refractivity (Wildman–Crippen MR) is 116 cm³/mol.